The highest BCUT2D eigenvalue weighted by molar-refractivity contribution is 5.30. The zero-order chi connectivity index (χ0) is 24.8. The molecule has 2 heteroatoms. The van der Waals surface area contributed by atoms with Gasteiger partial charge in [0.15, 0.2) is 0 Å². The second-order valence-electron chi connectivity index (χ2n) is 13.5. The van der Waals surface area contributed by atoms with Crippen LogP contribution in [0.2, 0.25) is 0 Å². The lowest BCUT2D eigenvalue weighted by Crippen LogP contribution is -2.35. The van der Waals surface area contributed by atoms with Gasteiger partial charge in [0.1, 0.15) is 5.75 Å². The summed E-state index contributed by atoms with van der Waals surface area (Å²) in [6.07, 6.45) is 8.31. The summed E-state index contributed by atoms with van der Waals surface area (Å²) in [6, 6.07) is 8.91. The van der Waals surface area contributed by atoms with Crippen LogP contribution >= 0.6 is 0 Å². The average Bonchev–Trinajstić information content (AvgIpc) is 2.70. The van der Waals surface area contributed by atoms with E-state index in [2.05, 4.69) is 93.5 Å². The van der Waals surface area contributed by atoms with Crippen molar-refractivity contribution in [2.45, 2.75) is 132 Å². The molecule has 3 atom stereocenters. The molecule has 0 amide bonds. The van der Waals surface area contributed by atoms with Crippen molar-refractivity contribution in [2.75, 3.05) is 0 Å². The van der Waals surface area contributed by atoms with E-state index in [-0.39, 0.29) is 11.7 Å². The van der Waals surface area contributed by atoms with Crippen LogP contribution in [0.15, 0.2) is 24.3 Å². The molecule has 33 heavy (non-hydrogen) atoms. The van der Waals surface area contributed by atoms with E-state index >= 15 is 0 Å². The maximum atomic E-state index is 6.60. The highest BCUT2D eigenvalue weighted by atomic mass is 16.7. The Morgan fingerprint density at radius 1 is 0.879 bits per heavy atom. The molecule has 0 N–H and O–H groups in total. The van der Waals surface area contributed by atoms with E-state index in [4.69, 9.17) is 9.47 Å². The van der Waals surface area contributed by atoms with Gasteiger partial charge in [-0.15, -0.1) is 0 Å². The number of benzene rings is 1. The molecule has 0 saturated heterocycles. The topological polar surface area (TPSA) is 18.5 Å². The quantitative estimate of drug-likeness (QED) is 0.325. The van der Waals surface area contributed by atoms with Crippen molar-refractivity contribution in [1.29, 1.82) is 0 Å². The van der Waals surface area contributed by atoms with Crippen molar-refractivity contribution in [3.63, 3.8) is 0 Å². The van der Waals surface area contributed by atoms with Crippen LogP contribution in [0.3, 0.4) is 0 Å². The van der Waals surface area contributed by atoms with Crippen LogP contribution in [0, 0.1) is 28.6 Å². The minimum absolute atomic E-state index is 0.159. The summed E-state index contributed by atoms with van der Waals surface area (Å²) in [5.41, 5.74) is 2.00. The Balaban J connectivity index is 2.06. The lowest BCUT2D eigenvalue weighted by molar-refractivity contribution is -0.147. The summed E-state index contributed by atoms with van der Waals surface area (Å²) in [5.74, 6) is 3.75. The molecule has 1 aromatic rings. The van der Waals surface area contributed by atoms with E-state index < -0.39 is 0 Å². The van der Waals surface area contributed by atoms with Crippen molar-refractivity contribution in [3.8, 4) is 5.75 Å². The number of hydrogen-bond donors (Lipinski definition) is 0. The first kappa shape index (κ1) is 28.2. The molecule has 1 saturated carbocycles. The van der Waals surface area contributed by atoms with Crippen LogP contribution in [-0.4, -0.2) is 12.4 Å². The Morgan fingerprint density at radius 2 is 1.45 bits per heavy atom. The van der Waals surface area contributed by atoms with Crippen molar-refractivity contribution in [2.24, 2.45) is 28.6 Å². The monoisotopic (exact) mass is 458 g/mol. The number of rotatable bonds is 10. The summed E-state index contributed by atoms with van der Waals surface area (Å²) < 4.78 is 13.1. The van der Waals surface area contributed by atoms with Crippen LogP contribution < -0.4 is 4.74 Å². The van der Waals surface area contributed by atoms with E-state index in [1.807, 2.05) is 0 Å². The fraction of sp³-hybridized carbons (Fsp3) is 0.806. The van der Waals surface area contributed by atoms with Crippen LogP contribution in [0.5, 0.6) is 5.75 Å². The van der Waals surface area contributed by atoms with Gasteiger partial charge >= 0.3 is 0 Å². The second-order valence-corrected chi connectivity index (χ2v) is 13.5. The molecular weight excluding hydrogens is 404 g/mol. The molecule has 1 aromatic carbocycles. The van der Waals surface area contributed by atoms with Gasteiger partial charge in [-0.25, -0.2) is 0 Å². The predicted molar refractivity (Wildman–Crippen MR) is 143 cm³/mol. The minimum atomic E-state index is -0.187. The normalized spacial score (nSPS) is 22.8. The van der Waals surface area contributed by atoms with Crippen LogP contribution in [0.4, 0.5) is 0 Å². The summed E-state index contributed by atoms with van der Waals surface area (Å²) in [7, 11) is 0. The number of hydrogen-bond acceptors (Lipinski definition) is 2. The molecular formula is C31H54O2. The zero-order valence-electron chi connectivity index (χ0n) is 23.5. The van der Waals surface area contributed by atoms with Gasteiger partial charge in [-0.05, 0) is 84.3 Å². The Bertz CT molecular complexity index is 668. The third-order valence-electron chi connectivity index (χ3n) is 7.65. The van der Waals surface area contributed by atoms with E-state index in [1.54, 1.807) is 0 Å². The SMILES string of the molecule is CCC(C)C(CC(C)C)c1ccc(OC(CC(C)(C)C)OC2CCC(C(C)(C)C)CC2)cc1. The highest BCUT2D eigenvalue weighted by Gasteiger charge is 2.32. The molecule has 0 heterocycles. The summed E-state index contributed by atoms with van der Waals surface area (Å²) in [5, 5.41) is 0. The zero-order valence-corrected chi connectivity index (χ0v) is 23.5. The molecule has 1 fully saturated rings. The lowest BCUT2D eigenvalue weighted by Gasteiger charge is -2.38. The third kappa shape index (κ3) is 9.63. The first-order valence-electron chi connectivity index (χ1n) is 13.7. The average molecular weight is 459 g/mol. The van der Waals surface area contributed by atoms with Crippen molar-refractivity contribution < 1.29 is 9.47 Å². The summed E-state index contributed by atoms with van der Waals surface area (Å²) in [4.78, 5) is 0. The van der Waals surface area contributed by atoms with Gasteiger partial charge in [0.25, 0.3) is 0 Å². The van der Waals surface area contributed by atoms with Crippen LogP contribution in [0.25, 0.3) is 0 Å². The first-order chi connectivity index (χ1) is 15.3. The van der Waals surface area contributed by atoms with Gasteiger partial charge in [-0.3, -0.25) is 0 Å². The van der Waals surface area contributed by atoms with Crippen molar-refractivity contribution in [3.05, 3.63) is 29.8 Å². The van der Waals surface area contributed by atoms with E-state index in [9.17, 15) is 0 Å². The van der Waals surface area contributed by atoms with E-state index in [0.29, 0.717) is 29.3 Å². The Kier molecular flexibility index (Phi) is 10.3. The minimum Gasteiger partial charge on any atom is -0.465 e. The largest absolute Gasteiger partial charge is 0.465 e. The molecule has 2 rings (SSSR count). The van der Waals surface area contributed by atoms with E-state index in [0.717, 1.165) is 30.9 Å². The molecule has 190 valence electrons. The van der Waals surface area contributed by atoms with Gasteiger partial charge < -0.3 is 9.47 Å². The summed E-state index contributed by atoms with van der Waals surface area (Å²) in [6.45, 7) is 23.3. The van der Waals surface area contributed by atoms with Gasteiger partial charge in [0, 0.05) is 6.42 Å². The van der Waals surface area contributed by atoms with Crippen molar-refractivity contribution in [1.82, 2.24) is 0 Å². The molecule has 2 nitrogen and oxygen atoms in total. The maximum absolute atomic E-state index is 6.60. The molecule has 0 bridgehead atoms. The molecule has 0 spiro atoms. The second kappa shape index (κ2) is 12.1. The van der Waals surface area contributed by atoms with Gasteiger partial charge in [-0.1, -0.05) is 87.8 Å². The molecule has 0 radical (unpaired) electrons. The molecule has 1 aliphatic rings. The fourth-order valence-corrected chi connectivity index (χ4v) is 5.33. The van der Waals surface area contributed by atoms with Gasteiger partial charge in [-0.2, -0.15) is 0 Å². The van der Waals surface area contributed by atoms with Gasteiger partial charge in [0.2, 0.25) is 6.29 Å². The predicted octanol–water partition coefficient (Wildman–Crippen LogP) is 9.62. The smallest absolute Gasteiger partial charge is 0.200 e. The molecule has 3 unspecified atom stereocenters. The first-order valence-corrected chi connectivity index (χ1v) is 13.7. The number of ether oxygens (including phenoxy) is 2. The van der Waals surface area contributed by atoms with Crippen LogP contribution in [-0.2, 0) is 4.74 Å². The Hall–Kier alpha value is -1.02. The third-order valence-corrected chi connectivity index (χ3v) is 7.65. The highest BCUT2D eigenvalue weighted by Crippen LogP contribution is 2.39. The maximum Gasteiger partial charge on any atom is 0.200 e. The Morgan fingerprint density at radius 3 is 1.91 bits per heavy atom. The van der Waals surface area contributed by atoms with Crippen LogP contribution in [0.1, 0.15) is 126 Å². The summed E-state index contributed by atoms with van der Waals surface area (Å²) >= 11 is 0. The van der Waals surface area contributed by atoms with Gasteiger partial charge in [0.05, 0.1) is 6.10 Å². The van der Waals surface area contributed by atoms with E-state index in [1.165, 1.54) is 31.2 Å². The fourth-order valence-electron chi connectivity index (χ4n) is 5.33. The molecule has 0 aromatic heterocycles. The molecule has 1 aliphatic carbocycles. The van der Waals surface area contributed by atoms with Crippen molar-refractivity contribution >= 4 is 0 Å². The molecule has 0 aliphatic heterocycles. The standard InChI is InChI=1S/C31H54O2/c1-11-23(4)28(20-22(2)3)24-12-16-26(17-13-24)32-29(21-30(5,6)7)33-27-18-14-25(15-19-27)31(8,9)10/h12-13,16-17,22-23,25,27-29H,11,14-15,18-21H2,1-10H3. The Labute approximate surface area is 206 Å². The lowest BCUT2D eigenvalue weighted by atomic mass is 9.72.